The molecule has 0 amide bonds. The lowest BCUT2D eigenvalue weighted by molar-refractivity contribution is 0.252. The molecule has 1 aliphatic heterocycles. The summed E-state index contributed by atoms with van der Waals surface area (Å²) in [7, 11) is 1.84. The summed E-state index contributed by atoms with van der Waals surface area (Å²) in [6.45, 7) is 2.79. The zero-order chi connectivity index (χ0) is 13.1. The van der Waals surface area contributed by atoms with Crippen LogP contribution in [0.2, 0.25) is 0 Å². The molecule has 0 spiro atoms. The van der Waals surface area contributed by atoms with Crippen LogP contribution < -0.4 is 15.4 Å². The number of nitrogens with one attached hydrogen (secondary N) is 2. The number of ether oxygens (including phenoxy) is 1. The predicted molar refractivity (Wildman–Crippen MR) is 75.6 cm³/mol. The Balaban J connectivity index is 1.83. The highest BCUT2D eigenvalue weighted by molar-refractivity contribution is 5.77. The molecule has 1 fully saturated rings. The largest absolute Gasteiger partial charge is 0.475 e. The molecule has 1 saturated heterocycles. The molecule has 2 N–H and O–H groups in total. The van der Waals surface area contributed by atoms with Gasteiger partial charge in [0.2, 0.25) is 0 Å². The van der Waals surface area contributed by atoms with Gasteiger partial charge in [0.1, 0.15) is 0 Å². The number of benzene rings is 1. The summed E-state index contributed by atoms with van der Waals surface area (Å²) in [6.07, 6.45) is 1.16. The Morgan fingerprint density at radius 2 is 2.11 bits per heavy atom. The first-order valence-corrected chi connectivity index (χ1v) is 6.65. The molecule has 3 rings (SSSR count). The first-order chi connectivity index (χ1) is 9.36. The van der Waals surface area contributed by atoms with E-state index in [4.69, 9.17) is 4.74 Å². The van der Waals surface area contributed by atoms with Crippen LogP contribution in [0.4, 0.5) is 5.82 Å². The lowest BCUT2D eigenvalue weighted by atomic mass is 10.1. The van der Waals surface area contributed by atoms with Crippen molar-refractivity contribution < 1.29 is 4.74 Å². The number of para-hydroxylation sites is 2. The highest BCUT2D eigenvalue weighted by Crippen LogP contribution is 2.23. The Kier molecular flexibility index (Phi) is 3.46. The molecule has 1 aromatic carbocycles. The Morgan fingerprint density at radius 3 is 2.79 bits per heavy atom. The van der Waals surface area contributed by atoms with Gasteiger partial charge in [-0.1, -0.05) is 12.1 Å². The van der Waals surface area contributed by atoms with Crippen molar-refractivity contribution in [2.45, 2.75) is 6.42 Å². The van der Waals surface area contributed by atoms with E-state index >= 15 is 0 Å². The smallest absolute Gasteiger partial charge is 0.258 e. The Bertz CT molecular complexity index is 566. The van der Waals surface area contributed by atoms with Crippen LogP contribution in [0.15, 0.2) is 24.3 Å². The minimum Gasteiger partial charge on any atom is -0.475 e. The van der Waals surface area contributed by atoms with E-state index in [0.717, 1.165) is 30.5 Å². The van der Waals surface area contributed by atoms with Crippen molar-refractivity contribution in [2.75, 3.05) is 32.1 Å². The quantitative estimate of drug-likeness (QED) is 0.873. The summed E-state index contributed by atoms with van der Waals surface area (Å²) >= 11 is 0. The van der Waals surface area contributed by atoms with Crippen LogP contribution in [-0.4, -0.2) is 36.7 Å². The van der Waals surface area contributed by atoms with Crippen LogP contribution in [0.5, 0.6) is 5.88 Å². The number of hydrogen-bond donors (Lipinski definition) is 2. The van der Waals surface area contributed by atoms with Crippen molar-refractivity contribution in [2.24, 2.45) is 5.92 Å². The third kappa shape index (κ3) is 2.61. The lowest BCUT2D eigenvalue weighted by Crippen LogP contribution is -2.16. The second-order valence-electron chi connectivity index (χ2n) is 4.79. The Morgan fingerprint density at radius 1 is 1.32 bits per heavy atom. The fourth-order valence-corrected chi connectivity index (χ4v) is 2.30. The van der Waals surface area contributed by atoms with Crippen molar-refractivity contribution in [3.63, 3.8) is 0 Å². The number of aromatic nitrogens is 2. The molecule has 5 heteroatoms. The first kappa shape index (κ1) is 12.2. The van der Waals surface area contributed by atoms with E-state index in [9.17, 15) is 0 Å². The molecule has 19 heavy (non-hydrogen) atoms. The zero-order valence-electron chi connectivity index (χ0n) is 11.0. The van der Waals surface area contributed by atoms with Gasteiger partial charge in [-0.2, -0.15) is 0 Å². The number of fused-ring (bicyclic) bond motifs is 1. The standard InChI is InChI=1S/C14H18N4O/c1-15-13-14(19-9-10-6-7-16-8-10)18-12-5-3-2-4-11(12)17-13/h2-5,10,16H,6-9H2,1H3,(H,15,17)/t10-/m1/s1. The molecule has 2 heterocycles. The van der Waals surface area contributed by atoms with Crippen LogP contribution in [0.25, 0.3) is 11.0 Å². The molecule has 100 valence electrons. The van der Waals surface area contributed by atoms with Gasteiger partial charge >= 0.3 is 0 Å². The SMILES string of the molecule is CNc1nc2ccccc2nc1OC[C@@H]1CCNC1. The molecule has 0 bridgehead atoms. The van der Waals surface area contributed by atoms with Gasteiger partial charge in [0.25, 0.3) is 5.88 Å². The number of rotatable bonds is 4. The van der Waals surface area contributed by atoms with Gasteiger partial charge in [-0.3, -0.25) is 0 Å². The van der Waals surface area contributed by atoms with Crippen LogP contribution in [0.3, 0.4) is 0 Å². The lowest BCUT2D eigenvalue weighted by Gasteiger charge is -2.13. The molecular formula is C14H18N4O. The van der Waals surface area contributed by atoms with Crippen LogP contribution in [0.1, 0.15) is 6.42 Å². The van der Waals surface area contributed by atoms with E-state index in [1.165, 1.54) is 0 Å². The molecule has 0 aliphatic carbocycles. The summed E-state index contributed by atoms with van der Waals surface area (Å²) in [5, 5.41) is 6.38. The maximum atomic E-state index is 5.84. The van der Waals surface area contributed by atoms with E-state index in [2.05, 4.69) is 20.6 Å². The first-order valence-electron chi connectivity index (χ1n) is 6.65. The predicted octanol–water partition coefficient (Wildman–Crippen LogP) is 1.66. The van der Waals surface area contributed by atoms with Crippen molar-refractivity contribution in [1.29, 1.82) is 0 Å². The second-order valence-corrected chi connectivity index (χ2v) is 4.79. The molecular weight excluding hydrogens is 240 g/mol. The maximum Gasteiger partial charge on any atom is 0.258 e. The van der Waals surface area contributed by atoms with E-state index in [1.807, 2.05) is 31.3 Å². The monoisotopic (exact) mass is 258 g/mol. The highest BCUT2D eigenvalue weighted by atomic mass is 16.5. The van der Waals surface area contributed by atoms with Gasteiger partial charge in [-0.25, -0.2) is 9.97 Å². The molecule has 5 nitrogen and oxygen atoms in total. The van der Waals surface area contributed by atoms with Gasteiger partial charge in [-0.15, -0.1) is 0 Å². The van der Waals surface area contributed by atoms with Crippen molar-refractivity contribution in [1.82, 2.24) is 15.3 Å². The minimum absolute atomic E-state index is 0.568. The van der Waals surface area contributed by atoms with Gasteiger partial charge < -0.3 is 15.4 Å². The molecule has 0 unspecified atom stereocenters. The average molecular weight is 258 g/mol. The van der Waals surface area contributed by atoms with Gasteiger partial charge in [0, 0.05) is 19.5 Å². The van der Waals surface area contributed by atoms with E-state index in [1.54, 1.807) is 0 Å². The molecule has 0 saturated carbocycles. The summed E-state index contributed by atoms with van der Waals surface area (Å²) in [5.74, 6) is 1.86. The summed E-state index contributed by atoms with van der Waals surface area (Å²) in [4.78, 5) is 9.06. The topological polar surface area (TPSA) is 59.1 Å². The fraction of sp³-hybridized carbons (Fsp3) is 0.429. The molecule has 2 aromatic rings. The molecule has 0 radical (unpaired) electrons. The number of anilines is 1. The minimum atomic E-state index is 0.568. The average Bonchev–Trinajstić information content (AvgIpc) is 2.97. The third-order valence-corrected chi connectivity index (χ3v) is 3.39. The fourth-order valence-electron chi connectivity index (χ4n) is 2.30. The van der Waals surface area contributed by atoms with E-state index < -0.39 is 0 Å². The number of nitrogens with zero attached hydrogens (tertiary/aromatic N) is 2. The summed E-state index contributed by atoms with van der Waals surface area (Å²) in [5.41, 5.74) is 1.74. The Hall–Kier alpha value is -1.88. The van der Waals surface area contributed by atoms with E-state index in [-0.39, 0.29) is 0 Å². The van der Waals surface area contributed by atoms with Crippen LogP contribution in [0, 0.1) is 5.92 Å². The molecule has 1 atom stereocenters. The summed E-state index contributed by atoms with van der Waals surface area (Å²) < 4.78 is 5.84. The van der Waals surface area contributed by atoms with Gasteiger partial charge in [-0.05, 0) is 25.1 Å². The maximum absolute atomic E-state index is 5.84. The zero-order valence-corrected chi connectivity index (χ0v) is 11.0. The van der Waals surface area contributed by atoms with Crippen LogP contribution in [-0.2, 0) is 0 Å². The van der Waals surface area contributed by atoms with Gasteiger partial charge in [0.15, 0.2) is 5.82 Å². The number of hydrogen-bond acceptors (Lipinski definition) is 5. The highest BCUT2D eigenvalue weighted by Gasteiger charge is 2.17. The normalized spacial score (nSPS) is 18.7. The molecule has 1 aromatic heterocycles. The summed E-state index contributed by atoms with van der Waals surface area (Å²) in [6, 6.07) is 7.82. The third-order valence-electron chi connectivity index (χ3n) is 3.39. The second kappa shape index (κ2) is 5.40. The van der Waals surface area contributed by atoms with Crippen molar-refractivity contribution in [3.8, 4) is 5.88 Å². The van der Waals surface area contributed by atoms with Crippen molar-refractivity contribution in [3.05, 3.63) is 24.3 Å². The van der Waals surface area contributed by atoms with Crippen molar-refractivity contribution >= 4 is 16.9 Å². The van der Waals surface area contributed by atoms with Gasteiger partial charge in [0.05, 0.1) is 17.6 Å². The van der Waals surface area contributed by atoms with Crippen LogP contribution >= 0.6 is 0 Å². The molecule has 1 aliphatic rings. The van der Waals surface area contributed by atoms with E-state index in [0.29, 0.717) is 24.2 Å². The Labute approximate surface area is 112 Å².